The number of aromatic nitrogens is 2. The Balaban J connectivity index is 0.000000867. The highest BCUT2D eigenvalue weighted by atomic mass is 31.1. The van der Waals surface area contributed by atoms with E-state index in [1.165, 1.54) is 24.6 Å². The van der Waals surface area contributed by atoms with E-state index >= 15 is 0 Å². The largest absolute Gasteiger partial charge is 0.481 e. The van der Waals surface area contributed by atoms with Crippen molar-refractivity contribution in [1.29, 1.82) is 0 Å². The minimum absolute atomic E-state index is 0.459. The summed E-state index contributed by atoms with van der Waals surface area (Å²) in [5.41, 5.74) is 5.19. The van der Waals surface area contributed by atoms with E-state index < -0.39 is 25.5 Å². The third kappa shape index (κ3) is 6.95. The van der Waals surface area contributed by atoms with Crippen LogP contribution in [0.3, 0.4) is 0 Å². The lowest BCUT2D eigenvalue weighted by Crippen LogP contribution is -2.41. The number of carbonyl (C=O) groups is 1. The summed E-state index contributed by atoms with van der Waals surface area (Å²) in [5.74, 6) is -1.94. The molecule has 0 saturated carbocycles. The number of pyridine rings is 1. The number of aromatic amines is 1. The van der Waals surface area contributed by atoms with Crippen LogP contribution in [0.1, 0.15) is 19.8 Å². The van der Waals surface area contributed by atoms with Gasteiger partial charge < -0.3 is 25.2 Å². The first kappa shape index (κ1) is 29.4. The maximum atomic E-state index is 14.5. The third-order valence-electron chi connectivity index (χ3n) is 7.01. The highest BCUT2D eigenvalue weighted by Gasteiger charge is 2.21. The number of hydrogen-bond donors (Lipinski definition) is 3. The second-order valence-electron chi connectivity index (χ2n) is 10.4. The molecule has 7 nitrogen and oxygen atoms in total. The number of fused-ring (bicyclic) bond motifs is 1. The number of benzene rings is 2. The van der Waals surface area contributed by atoms with Gasteiger partial charge in [0, 0.05) is 60.4 Å². The molecular formula is C30H36F2N5O2P. The van der Waals surface area contributed by atoms with Gasteiger partial charge in [0.1, 0.15) is 17.3 Å². The fraction of sp³-hybridized carbons (Fsp3) is 0.333. The van der Waals surface area contributed by atoms with Crippen LogP contribution in [0, 0.1) is 11.6 Å². The van der Waals surface area contributed by atoms with Crippen LogP contribution in [-0.4, -0.2) is 72.5 Å². The second kappa shape index (κ2) is 12.7. The van der Waals surface area contributed by atoms with Gasteiger partial charge in [-0.2, -0.15) is 0 Å². The molecule has 2 aromatic carbocycles. The lowest BCUT2D eigenvalue weighted by Gasteiger charge is -2.36. The van der Waals surface area contributed by atoms with Crippen molar-refractivity contribution in [1.82, 2.24) is 14.9 Å². The maximum Gasteiger partial charge on any atom is 0.300 e. The van der Waals surface area contributed by atoms with Gasteiger partial charge in [-0.05, 0) is 76.2 Å². The van der Waals surface area contributed by atoms with Gasteiger partial charge in [-0.3, -0.25) is 4.79 Å². The number of hydrogen-bond acceptors (Lipinski definition) is 5. The molecule has 0 aliphatic carbocycles. The molecule has 0 atom stereocenters. The van der Waals surface area contributed by atoms with E-state index in [4.69, 9.17) is 9.90 Å². The molecule has 0 radical (unpaired) electrons. The Morgan fingerprint density at radius 2 is 1.73 bits per heavy atom. The Morgan fingerprint density at radius 3 is 2.33 bits per heavy atom. The zero-order valence-corrected chi connectivity index (χ0v) is 24.4. The van der Waals surface area contributed by atoms with Gasteiger partial charge in [-0.15, -0.1) is 0 Å². The number of rotatable bonds is 6. The Hall–Kier alpha value is -3.55. The Bertz CT molecular complexity index is 1460. The molecule has 0 spiro atoms. The van der Waals surface area contributed by atoms with Gasteiger partial charge in [0.2, 0.25) is 0 Å². The van der Waals surface area contributed by atoms with Gasteiger partial charge in [0.15, 0.2) is 0 Å². The van der Waals surface area contributed by atoms with E-state index in [0.717, 1.165) is 54.1 Å². The predicted molar refractivity (Wildman–Crippen MR) is 162 cm³/mol. The molecule has 10 heteroatoms. The van der Waals surface area contributed by atoms with Crippen molar-refractivity contribution in [3.63, 3.8) is 0 Å². The zero-order chi connectivity index (χ0) is 29.0. The van der Waals surface area contributed by atoms with Crippen molar-refractivity contribution in [2.75, 3.05) is 50.7 Å². The predicted octanol–water partition coefficient (Wildman–Crippen LogP) is 6.24. The minimum Gasteiger partial charge on any atom is -0.481 e. The van der Waals surface area contributed by atoms with Gasteiger partial charge >= 0.3 is 0 Å². The van der Waals surface area contributed by atoms with Crippen LogP contribution in [0.25, 0.3) is 22.3 Å². The van der Waals surface area contributed by atoms with Crippen molar-refractivity contribution in [2.45, 2.75) is 25.8 Å². The van der Waals surface area contributed by atoms with Crippen molar-refractivity contribution in [3.05, 3.63) is 66.4 Å². The van der Waals surface area contributed by atoms with E-state index in [1.807, 2.05) is 25.5 Å². The van der Waals surface area contributed by atoms with E-state index in [2.05, 4.69) is 63.4 Å². The number of carboxylic acid groups (broad SMARTS) is 1. The summed E-state index contributed by atoms with van der Waals surface area (Å²) in [4.78, 5) is 21.7. The van der Waals surface area contributed by atoms with Gasteiger partial charge in [0.05, 0.1) is 11.4 Å². The lowest BCUT2D eigenvalue weighted by atomic mass is 10.0. The van der Waals surface area contributed by atoms with E-state index in [1.54, 1.807) is 6.20 Å². The molecule has 1 aliphatic rings. The molecule has 212 valence electrons. The first-order chi connectivity index (χ1) is 19.0. The Kier molecular flexibility index (Phi) is 9.38. The van der Waals surface area contributed by atoms with Crippen molar-refractivity contribution >= 4 is 47.3 Å². The standard InChI is InChI=1S/C28H32F2N5P.C2H4O2/c1-34(2)20-10-13-35(14-11-20)21-7-5-18(6-8-21)25-17-22-24(9-12-31-28(22)33-25)32-26-16-19(29)15-23(30)27(26)36(3)4;1-2(3)4/h5-9,12,15-17,20H,10-11,13-14H2,1-4H3,(H2,31,32,33);1H3,(H,3,4). The van der Waals surface area contributed by atoms with Gasteiger partial charge in [-0.1, -0.05) is 20.1 Å². The summed E-state index contributed by atoms with van der Waals surface area (Å²) in [7, 11) is 3.55. The molecule has 0 amide bonds. The fourth-order valence-electron chi connectivity index (χ4n) is 5.04. The number of aliphatic carboxylic acids is 1. The highest BCUT2D eigenvalue weighted by Crippen LogP contribution is 2.35. The van der Waals surface area contributed by atoms with E-state index in [9.17, 15) is 8.78 Å². The molecule has 4 aromatic rings. The average Bonchev–Trinajstić information content (AvgIpc) is 3.33. The number of piperidine rings is 1. The number of nitrogens with one attached hydrogen (secondary N) is 2. The van der Waals surface area contributed by atoms with Crippen molar-refractivity contribution < 1.29 is 18.7 Å². The first-order valence-electron chi connectivity index (χ1n) is 13.2. The zero-order valence-electron chi connectivity index (χ0n) is 23.5. The van der Waals surface area contributed by atoms with Crippen LogP contribution in [-0.2, 0) is 4.79 Å². The number of anilines is 3. The maximum absolute atomic E-state index is 14.5. The number of carboxylic acids is 1. The van der Waals surface area contributed by atoms with Gasteiger partial charge in [-0.25, -0.2) is 13.8 Å². The summed E-state index contributed by atoms with van der Waals surface area (Å²) in [6.07, 6.45) is 4.04. The molecule has 0 bridgehead atoms. The Labute approximate surface area is 235 Å². The third-order valence-corrected chi connectivity index (χ3v) is 8.36. The van der Waals surface area contributed by atoms with Crippen LogP contribution >= 0.6 is 7.92 Å². The number of nitrogens with zero attached hydrogens (tertiary/aromatic N) is 3. The molecular weight excluding hydrogens is 531 g/mol. The molecule has 5 rings (SSSR count). The lowest BCUT2D eigenvalue weighted by molar-refractivity contribution is -0.134. The second-order valence-corrected chi connectivity index (χ2v) is 12.6. The molecule has 1 saturated heterocycles. The monoisotopic (exact) mass is 567 g/mol. The fourth-order valence-corrected chi connectivity index (χ4v) is 6.14. The normalized spacial score (nSPS) is 14.0. The quantitative estimate of drug-likeness (QED) is 0.239. The summed E-state index contributed by atoms with van der Waals surface area (Å²) in [6, 6.07) is 15.5. The van der Waals surface area contributed by atoms with Crippen LogP contribution < -0.4 is 15.5 Å². The molecule has 0 unspecified atom stereocenters. The molecule has 1 aliphatic heterocycles. The first-order valence-corrected chi connectivity index (χ1v) is 15.4. The highest BCUT2D eigenvalue weighted by molar-refractivity contribution is 7.64. The van der Waals surface area contributed by atoms with E-state index in [0.29, 0.717) is 17.0 Å². The molecule has 3 heterocycles. The van der Waals surface area contributed by atoms with Crippen LogP contribution in [0.2, 0.25) is 0 Å². The Morgan fingerprint density at radius 1 is 1.07 bits per heavy atom. The van der Waals surface area contributed by atoms with Gasteiger partial charge in [0.25, 0.3) is 5.97 Å². The summed E-state index contributed by atoms with van der Waals surface area (Å²) < 4.78 is 28.6. The topological polar surface area (TPSA) is 84.5 Å². The number of halogens is 2. The summed E-state index contributed by atoms with van der Waals surface area (Å²) in [6.45, 7) is 7.13. The van der Waals surface area contributed by atoms with Crippen LogP contribution in [0.4, 0.5) is 25.8 Å². The molecule has 2 aromatic heterocycles. The molecule has 3 N–H and O–H groups in total. The molecule has 1 fully saturated rings. The van der Waals surface area contributed by atoms with Crippen LogP contribution in [0.5, 0.6) is 0 Å². The smallest absolute Gasteiger partial charge is 0.300 e. The van der Waals surface area contributed by atoms with E-state index in [-0.39, 0.29) is 0 Å². The van der Waals surface area contributed by atoms with Crippen molar-refractivity contribution in [2.24, 2.45) is 0 Å². The SMILES string of the molecule is CC(=O)O.CN(C)C1CCN(c2ccc(-c3cc4c(Nc5cc(F)cc(F)c5P(C)C)ccnc4[nH]3)cc2)CC1. The summed E-state index contributed by atoms with van der Waals surface area (Å²) >= 11 is 0. The average molecular weight is 568 g/mol. The van der Waals surface area contributed by atoms with Crippen molar-refractivity contribution in [3.8, 4) is 11.3 Å². The summed E-state index contributed by atoms with van der Waals surface area (Å²) in [5, 5.41) is 12.1. The molecule has 40 heavy (non-hydrogen) atoms. The van der Waals surface area contributed by atoms with Crippen LogP contribution in [0.15, 0.2) is 54.7 Å². The number of H-pyrrole nitrogens is 1. The minimum atomic E-state index is -0.833.